The Bertz CT molecular complexity index is 576. The highest BCUT2D eigenvalue weighted by molar-refractivity contribution is 5.88. The molecular weight excluding hydrogens is 320 g/mol. The van der Waals surface area contributed by atoms with Crippen molar-refractivity contribution in [1.82, 2.24) is 24.7 Å². The number of rotatable bonds is 4. The Balaban J connectivity index is 1.49. The van der Waals surface area contributed by atoms with Crippen LogP contribution in [0, 0.1) is 0 Å². The number of urea groups is 1. The van der Waals surface area contributed by atoms with Gasteiger partial charge in [0.05, 0.1) is 0 Å². The molecule has 0 aliphatic carbocycles. The smallest absolute Gasteiger partial charge is 0.323 e. The number of likely N-dealkylation sites (tertiary alicyclic amines) is 1. The van der Waals surface area contributed by atoms with Crippen LogP contribution >= 0.6 is 0 Å². The number of nitrogens with zero attached hydrogens (tertiary/aromatic N) is 5. The van der Waals surface area contributed by atoms with Crippen molar-refractivity contribution in [2.75, 3.05) is 58.7 Å². The van der Waals surface area contributed by atoms with Crippen molar-refractivity contribution in [3.8, 4) is 0 Å². The molecule has 0 saturated carbocycles. The first-order chi connectivity index (χ1) is 12.2. The van der Waals surface area contributed by atoms with Crippen LogP contribution < -0.4 is 5.32 Å². The van der Waals surface area contributed by atoms with Gasteiger partial charge in [-0.1, -0.05) is 0 Å². The van der Waals surface area contributed by atoms with E-state index in [0.717, 1.165) is 32.7 Å². The third kappa shape index (κ3) is 4.87. The molecule has 0 radical (unpaired) electrons. The minimum atomic E-state index is -0.0949. The summed E-state index contributed by atoms with van der Waals surface area (Å²) in [6.07, 6.45) is 4.16. The molecule has 0 aromatic carbocycles. The van der Waals surface area contributed by atoms with Crippen LogP contribution in [-0.2, 0) is 11.3 Å². The van der Waals surface area contributed by atoms with E-state index in [9.17, 15) is 4.79 Å². The summed E-state index contributed by atoms with van der Waals surface area (Å²) in [5, 5.41) is 2.87. The van der Waals surface area contributed by atoms with Gasteiger partial charge < -0.3 is 14.5 Å². The standard InChI is InChI=1S/C17H28N6O2/c1-21-7-3-4-14(12-21)22-8-10-23(11-9-22)17(24)20-15-5-6-18-16(19-15)13-25-2/h5-6,14H,3-4,7-13H2,1-2H3,(H,18,19,20,24). The number of methoxy groups -OCH3 is 1. The number of nitrogens with one attached hydrogen (secondary N) is 1. The van der Waals surface area contributed by atoms with Crippen LogP contribution in [0.5, 0.6) is 0 Å². The average molecular weight is 348 g/mol. The summed E-state index contributed by atoms with van der Waals surface area (Å²) in [7, 11) is 3.79. The van der Waals surface area contributed by atoms with E-state index in [-0.39, 0.29) is 6.03 Å². The zero-order chi connectivity index (χ0) is 17.6. The second-order valence-electron chi connectivity index (χ2n) is 6.80. The number of ether oxygens (including phenoxy) is 1. The normalized spacial score (nSPS) is 22.8. The highest BCUT2D eigenvalue weighted by atomic mass is 16.5. The van der Waals surface area contributed by atoms with Gasteiger partial charge in [0.2, 0.25) is 0 Å². The highest BCUT2D eigenvalue weighted by Crippen LogP contribution is 2.17. The first kappa shape index (κ1) is 18.0. The summed E-state index contributed by atoms with van der Waals surface area (Å²) in [5.74, 6) is 1.08. The van der Waals surface area contributed by atoms with Crippen molar-refractivity contribution in [3.05, 3.63) is 18.1 Å². The van der Waals surface area contributed by atoms with Crippen LogP contribution in [0.3, 0.4) is 0 Å². The molecule has 2 aliphatic heterocycles. The predicted molar refractivity (Wildman–Crippen MR) is 95.4 cm³/mol. The van der Waals surface area contributed by atoms with E-state index in [1.165, 1.54) is 19.4 Å². The summed E-state index contributed by atoms with van der Waals surface area (Å²) in [6.45, 7) is 6.04. The van der Waals surface area contributed by atoms with Gasteiger partial charge in [0.15, 0.2) is 5.82 Å². The van der Waals surface area contributed by atoms with E-state index >= 15 is 0 Å². The van der Waals surface area contributed by atoms with Gasteiger partial charge in [-0.25, -0.2) is 14.8 Å². The number of aromatic nitrogens is 2. The zero-order valence-electron chi connectivity index (χ0n) is 15.1. The van der Waals surface area contributed by atoms with Crippen molar-refractivity contribution >= 4 is 11.8 Å². The molecule has 1 unspecified atom stereocenters. The molecule has 0 spiro atoms. The van der Waals surface area contributed by atoms with E-state index < -0.39 is 0 Å². The number of likely N-dealkylation sites (N-methyl/N-ethyl adjacent to an activating group) is 1. The quantitative estimate of drug-likeness (QED) is 0.870. The van der Waals surface area contributed by atoms with Gasteiger partial charge in [0.25, 0.3) is 0 Å². The lowest BCUT2D eigenvalue weighted by Crippen LogP contribution is -2.56. The summed E-state index contributed by atoms with van der Waals surface area (Å²) in [6, 6.07) is 2.23. The number of piperidine rings is 1. The monoisotopic (exact) mass is 348 g/mol. The fraction of sp³-hybridized carbons (Fsp3) is 0.706. The molecule has 2 amide bonds. The molecule has 3 heterocycles. The molecule has 0 bridgehead atoms. The van der Waals surface area contributed by atoms with Gasteiger partial charge in [-0.3, -0.25) is 10.2 Å². The number of piperazine rings is 1. The number of hydrogen-bond acceptors (Lipinski definition) is 6. The van der Waals surface area contributed by atoms with Gasteiger partial charge in [-0.15, -0.1) is 0 Å². The molecule has 2 saturated heterocycles. The van der Waals surface area contributed by atoms with E-state index in [4.69, 9.17) is 4.74 Å². The van der Waals surface area contributed by atoms with Gasteiger partial charge in [-0.05, 0) is 32.5 Å². The molecular formula is C17H28N6O2. The Hall–Kier alpha value is -1.77. The van der Waals surface area contributed by atoms with Gasteiger partial charge >= 0.3 is 6.03 Å². The maximum absolute atomic E-state index is 12.5. The van der Waals surface area contributed by atoms with E-state index in [2.05, 4.69) is 32.1 Å². The van der Waals surface area contributed by atoms with Gasteiger partial charge in [0, 0.05) is 52.1 Å². The van der Waals surface area contributed by atoms with E-state index in [0.29, 0.717) is 24.3 Å². The Kier molecular flexibility index (Phi) is 6.17. The SMILES string of the molecule is COCc1nccc(NC(=O)N2CCN(C3CCCN(C)C3)CC2)n1. The van der Waals surface area contributed by atoms with Crippen molar-refractivity contribution in [1.29, 1.82) is 0 Å². The first-order valence-corrected chi connectivity index (χ1v) is 8.95. The molecule has 1 aromatic rings. The number of anilines is 1. The Labute approximate surface area is 149 Å². The predicted octanol–water partition coefficient (Wildman–Crippen LogP) is 0.867. The second kappa shape index (κ2) is 8.55. The number of carbonyl (C=O) groups excluding carboxylic acids is 1. The first-order valence-electron chi connectivity index (χ1n) is 8.95. The van der Waals surface area contributed by atoms with E-state index in [1.807, 2.05) is 4.90 Å². The molecule has 2 fully saturated rings. The number of amides is 2. The van der Waals surface area contributed by atoms with Crippen LogP contribution in [0.25, 0.3) is 0 Å². The lowest BCUT2D eigenvalue weighted by molar-refractivity contribution is 0.0717. The van der Waals surface area contributed by atoms with Crippen molar-refractivity contribution < 1.29 is 9.53 Å². The van der Waals surface area contributed by atoms with Crippen LogP contribution in [0.1, 0.15) is 18.7 Å². The topological polar surface area (TPSA) is 73.8 Å². The van der Waals surface area contributed by atoms with Crippen LogP contribution in [0.15, 0.2) is 12.3 Å². The van der Waals surface area contributed by atoms with Crippen molar-refractivity contribution in [3.63, 3.8) is 0 Å². The van der Waals surface area contributed by atoms with Crippen molar-refractivity contribution in [2.24, 2.45) is 0 Å². The Morgan fingerprint density at radius 1 is 1.32 bits per heavy atom. The maximum atomic E-state index is 12.5. The molecule has 1 aromatic heterocycles. The van der Waals surface area contributed by atoms with Crippen molar-refractivity contribution in [2.45, 2.75) is 25.5 Å². The zero-order valence-corrected chi connectivity index (χ0v) is 15.1. The lowest BCUT2D eigenvalue weighted by atomic mass is 10.0. The van der Waals surface area contributed by atoms with Crippen LogP contribution in [-0.4, -0.2) is 90.2 Å². The number of hydrogen-bond donors (Lipinski definition) is 1. The lowest BCUT2D eigenvalue weighted by Gasteiger charge is -2.42. The van der Waals surface area contributed by atoms with Gasteiger partial charge in [0.1, 0.15) is 12.4 Å². The molecule has 3 rings (SSSR count). The molecule has 8 nitrogen and oxygen atoms in total. The summed E-state index contributed by atoms with van der Waals surface area (Å²) < 4.78 is 5.02. The van der Waals surface area contributed by atoms with Gasteiger partial charge in [-0.2, -0.15) is 0 Å². The third-order valence-electron chi connectivity index (χ3n) is 4.93. The van der Waals surface area contributed by atoms with E-state index in [1.54, 1.807) is 19.4 Å². The largest absolute Gasteiger partial charge is 0.377 e. The second-order valence-corrected chi connectivity index (χ2v) is 6.80. The summed E-state index contributed by atoms with van der Waals surface area (Å²) >= 11 is 0. The summed E-state index contributed by atoms with van der Waals surface area (Å²) in [5.41, 5.74) is 0. The number of carbonyl (C=O) groups is 1. The molecule has 1 atom stereocenters. The average Bonchev–Trinajstić information content (AvgIpc) is 2.62. The molecule has 1 N–H and O–H groups in total. The minimum Gasteiger partial charge on any atom is -0.377 e. The Morgan fingerprint density at radius 3 is 2.84 bits per heavy atom. The molecule has 8 heteroatoms. The van der Waals surface area contributed by atoms with Crippen LogP contribution in [0.2, 0.25) is 0 Å². The highest BCUT2D eigenvalue weighted by Gasteiger charge is 2.28. The Morgan fingerprint density at radius 2 is 2.12 bits per heavy atom. The molecule has 25 heavy (non-hydrogen) atoms. The molecule has 2 aliphatic rings. The fourth-order valence-corrected chi connectivity index (χ4v) is 3.58. The molecule has 138 valence electrons. The van der Waals surface area contributed by atoms with Crippen LogP contribution in [0.4, 0.5) is 10.6 Å². The fourth-order valence-electron chi connectivity index (χ4n) is 3.58. The maximum Gasteiger partial charge on any atom is 0.323 e. The summed E-state index contributed by atoms with van der Waals surface area (Å²) in [4.78, 5) is 27.7. The minimum absolute atomic E-state index is 0.0949. The third-order valence-corrected chi connectivity index (χ3v) is 4.93.